The third-order valence-electron chi connectivity index (χ3n) is 4.10. The molecule has 3 rings (SSSR count). The maximum absolute atomic E-state index is 12.7. The molecule has 148 valence electrons. The number of likely N-dealkylation sites (N-methyl/N-ethyl adjacent to an activating group) is 1. The zero-order chi connectivity index (χ0) is 20.5. The molecule has 0 saturated carbocycles. The Hall–Kier alpha value is -2.36. The zero-order valence-corrected chi connectivity index (χ0v) is 17.6. The van der Waals surface area contributed by atoms with E-state index in [1.807, 2.05) is 30.3 Å². The molecule has 0 aliphatic carbocycles. The molecule has 9 heteroatoms. The molecular weight excluding hydrogens is 398 g/mol. The average Bonchev–Trinajstić information content (AvgIpc) is 3.07. The number of thioether (sulfide) groups is 1. The van der Waals surface area contributed by atoms with Gasteiger partial charge in [-0.3, -0.25) is 4.79 Å². The lowest BCUT2D eigenvalue weighted by molar-refractivity contribution is -0.128. The summed E-state index contributed by atoms with van der Waals surface area (Å²) in [5.74, 6) is -0.0886. The number of amides is 1. The van der Waals surface area contributed by atoms with Gasteiger partial charge in [-0.15, -0.1) is 0 Å². The Labute approximate surface area is 168 Å². The second-order valence-electron chi connectivity index (χ2n) is 6.54. The third-order valence-corrected chi connectivity index (χ3v) is 7.00. The van der Waals surface area contributed by atoms with Gasteiger partial charge in [0.25, 0.3) is 5.22 Å². The fourth-order valence-electron chi connectivity index (χ4n) is 2.53. The van der Waals surface area contributed by atoms with E-state index in [0.29, 0.717) is 16.3 Å². The van der Waals surface area contributed by atoms with Crippen LogP contribution in [0.1, 0.15) is 10.8 Å². The number of aromatic nitrogens is 1. The van der Waals surface area contributed by atoms with Gasteiger partial charge in [0.15, 0.2) is 5.58 Å². The smallest absolute Gasteiger partial charge is 0.257 e. The van der Waals surface area contributed by atoms with Crippen molar-refractivity contribution in [3.05, 3.63) is 54.1 Å². The molecule has 0 aliphatic heterocycles. The van der Waals surface area contributed by atoms with Crippen LogP contribution in [0.5, 0.6) is 0 Å². The minimum Gasteiger partial charge on any atom is -0.431 e. The van der Waals surface area contributed by atoms with E-state index in [2.05, 4.69) is 4.98 Å². The van der Waals surface area contributed by atoms with Crippen LogP contribution in [0.4, 0.5) is 0 Å². The molecule has 3 aromatic rings. The highest BCUT2D eigenvalue weighted by Crippen LogP contribution is 2.37. The third kappa shape index (κ3) is 4.06. The first-order valence-electron chi connectivity index (χ1n) is 8.46. The maximum Gasteiger partial charge on any atom is 0.257 e. The number of sulfonamides is 1. The molecule has 1 atom stereocenters. The predicted octanol–water partition coefficient (Wildman–Crippen LogP) is 3.00. The summed E-state index contributed by atoms with van der Waals surface area (Å²) >= 11 is 1.19. The van der Waals surface area contributed by atoms with Gasteiger partial charge < -0.3 is 9.32 Å². The first-order chi connectivity index (χ1) is 13.2. The molecule has 0 fully saturated rings. The predicted molar refractivity (Wildman–Crippen MR) is 109 cm³/mol. The first kappa shape index (κ1) is 20.4. The quantitative estimate of drug-likeness (QED) is 0.571. The maximum atomic E-state index is 12.7. The Morgan fingerprint density at radius 3 is 2.36 bits per heavy atom. The molecule has 7 nitrogen and oxygen atoms in total. The van der Waals surface area contributed by atoms with Gasteiger partial charge >= 0.3 is 0 Å². The molecular formula is C19H21N3O4S2. The minimum absolute atomic E-state index is 0.0886. The highest BCUT2D eigenvalue weighted by Gasteiger charge is 2.26. The van der Waals surface area contributed by atoms with Gasteiger partial charge in [0.1, 0.15) is 10.8 Å². The first-order valence-corrected chi connectivity index (χ1v) is 10.8. The van der Waals surface area contributed by atoms with Gasteiger partial charge in [-0.2, -0.15) is 0 Å². The number of fused-ring (bicyclic) bond motifs is 1. The number of carbonyl (C=O) groups excluding carboxylic acids is 1. The van der Waals surface area contributed by atoms with Crippen LogP contribution < -0.4 is 0 Å². The summed E-state index contributed by atoms with van der Waals surface area (Å²) in [5.41, 5.74) is 1.73. The molecule has 0 radical (unpaired) electrons. The van der Waals surface area contributed by atoms with Gasteiger partial charge in [0.2, 0.25) is 15.9 Å². The summed E-state index contributed by atoms with van der Waals surface area (Å²) < 4.78 is 31.5. The second-order valence-corrected chi connectivity index (χ2v) is 9.75. The molecule has 1 amide bonds. The molecule has 28 heavy (non-hydrogen) atoms. The Morgan fingerprint density at radius 1 is 1.07 bits per heavy atom. The SMILES string of the molecule is CN(C)C(=O)[C@H](Sc1nc2cc(S(=O)(=O)N(C)C)ccc2o1)c1ccccc1. The van der Waals surface area contributed by atoms with E-state index in [1.54, 1.807) is 20.2 Å². The van der Waals surface area contributed by atoms with Crippen LogP contribution in [-0.4, -0.2) is 56.7 Å². The Kier molecular flexibility index (Phi) is 5.78. The van der Waals surface area contributed by atoms with Gasteiger partial charge in [-0.1, -0.05) is 30.3 Å². The van der Waals surface area contributed by atoms with E-state index in [1.165, 1.54) is 42.9 Å². The average molecular weight is 420 g/mol. The van der Waals surface area contributed by atoms with Crippen molar-refractivity contribution in [1.82, 2.24) is 14.2 Å². The van der Waals surface area contributed by atoms with Crippen molar-refractivity contribution >= 4 is 38.8 Å². The lowest BCUT2D eigenvalue weighted by Crippen LogP contribution is -2.26. The monoisotopic (exact) mass is 419 g/mol. The fourth-order valence-corrected chi connectivity index (χ4v) is 4.55. The summed E-state index contributed by atoms with van der Waals surface area (Å²) in [6.45, 7) is 0. The Balaban J connectivity index is 1.97. The van der Waals surface area contributed by atoms with Crippen molar-refractivity contribution in [3.63, 3.8) is 0 Å². The van der Waals surface area contributed by atoms with Crippen LogP contribution in [0.3, 0.4) is 0 Å². The molecule has 1 aromatic heterocycles. The van der Waals surface area contributed by atoms with Crippen molar-refractivity contribution in [2.45, 2.75) is 15.4 Å². The molecule has 2 aromatic carbocycles. The van der Waals surface area contributed by atoms with E-state index < -0.39 is 15.3 Å². The highest BCUT2D eigenvalue weighted by atomic mass is 32.2. The lowest BCUT2D eigenvalue weighted by atomic mass is 10.1. The van der Waals surface area contributed by atoms with E-state index in [4.69, 9.17) is 4.42 Å². The number of hydrogen-bond acceptors (Lipinski definition) is 6. The Bertz CT molecular complexity index is 1090. The molecule has 1 heterocycles. The normalized spacial score (nSPS) is 13.0. The number of nitrogens with zero attached hydrogens (tertiary/aromatic N) is 3. The molecule has 0 unspecified atom stereocenters. The van der Waals surface area contributed by atoms with Crippen LogP contribution in [0.2, 0.25) is 0 Å². The number of benzene rings is 2. The van der Waals surface area contributed by atoms with Gasteiger partial charge in [0.05, 0.1) is 4.90 Å². The second kappa shape index (κ2) is 7.94. The summed E-state index contributed by atoms with van der Waals surface area (Å²) in [4.78, 5) is 18.7. The van der Waals surface area contributed by atoms with Crippen molar-refractivity contribution in [3.8, 4) is 0 Å². The van der Waals surface area contributed by atoms with E-state index in [-0.39, 0.29) is 10.8 Å². The number of rotatable bonds is 6. The summed E-state index contributed by atoms with van der Waals surface area (Å²) in [7, 11) is 2.78. The number of carbonyl (C=O) groups is 1. The van der Waals surface area contributed by atoms with Crippen molar-refractivity contribution in [2.24, 2.45) is 0 Å². The largest absolute Gasteiger partial charge is 0.431 e. The van der Waals surface area contributed by atoms with Crippen molar-refractivity contribution in [2.75, 3.05) is 28.2 Å². The van der Waals surface area contributed by atoms with Crippen LogP contribution in [0, 0.1) is 0 Å². The summed E-state index contributed by atoms with van der Waals surface area (Å²) in [5, 5.41) is -0.215. The van der Waals surface area contributed by atoms with Crippen molar-refractivity contribution in [1.29, 1.82) is 0 Å². The summed E-state index contributed by atoms with van der Waals surface area (Å²) in [6.07, 6.45) is 0. The molecule has 0 aliphatic rings. The van der Waals surface area contributed by atoms with Crippen LogP contribution in [0.15, 0.2) is 63.1 Å². The van der Waals surface area contributed by atoms with Gasteiger partial charge in [-0.25, -0.2) is 17.7 Å². The molecule has 0 saturated heterocycles. The van der Waals surface area contributed by atoms with E-state index >= 15 is 0 Å². The van der Waals surface area contributed by atoms with Crippen LogP contribution in [0.25, 0.3) is 11.1 Å². The minimum atomic E-state index is -3.57. The van der Waals surface area contributed by atoms with E-state index in [9.17, 15) is 13.2 Å². The molecule has 0 spiro atoms. The fraction of sp³-hybridized carbons (Fsp3) is 0.263. The summed E-state index contributed by atoms with van der Waals surface area (Å²) in [6, 6.07) is 13.9. The Morgan fingerprint density at radius 2 is 1.75 bits per heavy atom. The zero-order valence-electron chi connectivity index (χ0n) is 16.0. The molecule has 0 N–H and O–H groups in total. The van der Waals surface area contributed by atoms with Crippen LogP contribution in [-0.2, 0) is 14.8 Å². The van der Waals surface area contributed by atoms with Crippen LogP contribution >= 0.6 is 11.8 Å². The van der Waals surface area contributed by atoms with Crippen molar-refractivity contribution < 1.29 is 17.6 Å². The molecule has 0 bridgehead atoms. The standard InChI is InChI=1S/C19H21N3O4S2/c1-21(2)18(23)17(13-8-6-5-7-9-13)27-19-20-15-12-14(10-11-16(15)26-19)28(24,25)22(3)4/h5-12,17H,1-4H3/t17-/m1/s1. The van der Waals surface area contributed by atoms with Gasteiger partial charge in [-0.05, 0) is 35.5 Å². The number of hydrogen-bond donors (Lipinski definition) is 0. The highest BCUT2D eigenvalue weighted by molar-refractivity contribution is 8.00. The number of oxazole rings is 1. The van der Waals surface area contributed by atoms with Gasteiger partial charge in [0, 0.05) is 28.2 Å². The topological polar surface area (TPSA) is 83.7 Å². The van der Waals surface area contributed by atoms with E-state index in [0.717, 1.165) is 9.87 Å². The lowest BCUT2D eigenvalue weighted by Gasteiger charge is -2.19.